The van der Waals surface area contributed by atoms with E-state index in [0.717, 1.165) is 5.56 Å². The van der Waals surface area contributed by atoms with Crippen molar-refractivity contribution in [3.05, 3.63) is 65.7 Å². The van der Waals surface area contributed by atoms with Gasteiger partial charge in [0.2, 0.25) is 11.8 Å². The third-order valence-electron chi connectivity index (χ3n) is 6.52. The van der Waals surface area contributed by atoms with E-state index in [0.29, 0.717) is 12.0 Å². The van der Waals surface area contributed by atoms with Crippen molar-refractivity contribution < 1.29 is 33.8 Å². The topological polar surface area (TPSA) is 134 Å². The molecular weight excluding hydrogens is 582 g/mol. The SMILES string of the molecule is CCC(C)N(C(=O)C(CS)NC(=O)OC(C)(C)C)C(C(=O)NC(Cc1ccccc1)C(=O)OC(C)(C)C)c1ccc(O)cc1. The van der Waals surface area contributed by atoms with Gasteiger partial charge in [0.15, 0.2) is 0 Å². The molecule has 0 radical (unpaired) electrons. The molecule has 4 atom stereocenters. The molecule has 0 spiro atoms. The smallest absolute Gasteiger partial charge is 0.408 e. The molecule has 3 N–H and O–H groups in total. The van der Waals surface area contributed by atoms with E-state index in [2.05, 4.69) is 23.3 Å². The molecule has 11 heteroatoms. The maximum Gasteiger partial charge on any atom is 0.408 e. The lowest BCUT2D eigenvalue weighted by Gasteiger charge is -2.38. The van der Waals surface area contributed by atoms with Crippen LogP contribution in [0.3, 0.4) is 0 Å². The second-order valence-electron chi connectivity index (χ2n) is 12.7. The minimum absolute atomic E-state index is 0.0233. The predicted octanol–water partition coefficient (Wildman–Crippen LogP) is 4.95. The number of benzene rings is 2. The van der Waals surface area contributed by atoms with E-state index in [1.165, 1.54) is 17.0 Å². The van der Waals surface area contributed by atoms with Crippen LogP contribution >= 0.6 is 12.6 Å². The van der Waals surface area contributed by atoms with Crippen molar-refractivity contribution in [2.75, 3.05) is 5.75 Å². The fourth-order valence-electron chi connectivity index (χ4n) is 4.37. The molecule has 2 aromatic carbocycles. The number of thiol groups is 1. The molecule has 0 aliphatic heterocycles. The number of hydrogen-bond donors (Lipinski definition) is 4. The number of amides is 3. The first-order valence-corrected chi connectivity index (χ1v) is 15.4. The van der Waals surface area contributed by atoms with Crippen LogP contribution < -0.4 is 10.6 Å². The number of ether oxygens (including phenoxy) is 2. The van der Waals surface area contributed by atoms with Crippen LogP contribution in [0.25, 0.3) is 0 Å². The molecule has 0 aliphatic rings. The number of nitrogens with one attached hydrogen (secondary N) is 2. The Labute approximate surface area is 266 Å². The van der Waals surface area contributed by atoms with Gasteiger partial charge in [-0.15, -0.1) is 0 Å². The molecule has 0 aromatic heterocycles. The third kappa shape index (κ3) is 11.4. The lowest BCUT2D eigenvalue weighted by molar-refractivity contribution is -0.159. The Hall–Kier alpha value is -3.73. The van der Waals surface area contributed by atoms with Crippen LogP contribution in [0.15, 0.2) is 54.6 Å². The quantitative estimate of drug-likeness (QED) is 0.193. The third-order valence-corrected chi connectivity index (χ3v) is 6.88. The minimum Gasteiger partial charge on any atom is -0.508 e. The van der Waals surface area contributed by atoms with Crippen LogP contribution in [-0.2, 0) is 30.3 Å². The molecule has 242 valence electrons. The number of aromatic hydroxyl groups is 1. The number of esters is 1. The summed E-state index contributed by atoms with van der Waals surface area (Å²) in [7, 11) is 0. The maximum atomic E-state index is 14.3. The highest BCUT2D eigenvalue weighted by molar-refractivity contribution is 7.80. The van der Waals surface area contributed by atoms with Crippen LogP contribution in [0, 0.1) is 0 Å². The molecule has 0 aliphatic carbocycles. The standard InChI is InChI=1S/C33H47N3O7S/c1-9-21(2)36(29(39)26(20-44)35-31(41)43-33(6,7)8)27(23-15-17-24(37)18-16-23)28(38)34-25(30(40)42-32(3,4)5)19-22-13-11-10-12-14-22/h10-18,21,25-27,37,44H,9,19-20H2,1-8H3,(H,34,38)(H,35,41). The number of rotatable bonds is 12. The van der Waals surface area contributed by atoms with Crippen molar-refractivity contribution in [1.82, 2.24) is 15.5 Å². The Bertz CT molecular complexity index is 1260. The van der Waals surface area contributed by atoms with E-state index < -0.39 is 59.2 Å². The van der Waals surface area contributed by atoms with E-state index in [-0.39, 0.29) is 17.9 Å². The van der Waals surface area contributed by atoms with Gasteiger partial charge in [-0.05, 0) is 78.1 Å². The largest absolute Gasteiger partial charge is 0.508 e. The normalized spacial score (nSPS) is 14.4. The molecule has 0 saturated heterocycles. The van der Waals surface area contributed by atoms with E-state index in [9.17, 15) is 24.3 Å². The number of phenols is 1. The monoisotopic (exact) mass is 629 g/mol. The molecule has 0 saturated carbocycles. The van der Waals surface area contributed by atoms with E-state index >= 15 is 0 Å². The lowest BCUT2D eigenvalue weighted by atomic mass is 9.98. The minimum atomic E-state index is -1.23. The van der Waals surface area contributed by atoms with Crippen LogP contribution in [-0.4, -0.2) is 69.0 Å². The van der Waals surface area contributed by atoms with Gasteiger partial charge in [-0.25, -0.2) is 9.59 Å². The van der Waals surface area contributed by atoms with E-state index in [4.69, 9.17) is 9.47 Å². The summed E-state index contributed by atoms with van der Waals surface area (Å²) in [6.07, 6.45) is -0.174. The summed E-state index contributed by atoms with van der Waals surface area (Å²) in [4.78, 5) is 55.8. The molecular formula is C33H47N3O7S. The number of alkyl carbamates (subject to hydrolysis) is 1. The molecule has 2 aromatic rings. The van der Waals surface area contributed by atoms with Crippen molar-refractivity contribution >= 4 is 36.5 Å². The Morgan fingerprint density at radius 2 is 1.43 bits per heavy atom. The zero-order valence-corrected chi connectivity index (χ0v) is 27.8. The van der Waals surface area contributed by atoms with Gasteiger partial charge in [-0.3, -0.25) is 9.59 Å². The van der Waals surface area contributed by atoms with Gasteiger partial charge in [0.1, 0.15) is 35.1 Å². The Balaban J connectivity index is 2.57. The van der Waals surface area contributed by atoms with Crippen molar-refractivity contribution in [2.45, 2.75) is 104 Å². The number of hydrogen-bond acceptors (Lipinski definition) is 8. The number of phenolic OH excluding ortho intramolecular Hbond substituents is 1. The molecule has 2 rings (SSSR count). The summed E-state index contributed by atoms with van der Waals surface area (Å²) in [5.74, 6) is -1.91. The fourth-order valence-corrected chi connectivity index (χ4v) is 4.62. The Morgan fingerprint density at radius 3 is 1.93 bits per heavy atom. The van der Waals surface area contributed by atoms with Crippen molar-refractivity contribution in [1.29, 1.82) is 0 Å². The van der Waals surface area contributed by atoms with Crippen LogP contribution in [0.5, 0.6) is 5.75 Å². The molecule has 0 heterocycles. The Morgan fingerprint density at radius 1 is 0.864 bits per heavy atom. The highest BCUT2D eigenvalue weighted by atomic mass is 32.1. The summed E-state index contributed by atoms with van der Waals surface area (Å²) in [6, 6.07) is 11.2. The summed E-state index contributed by atoms with van der Waals surface area (Å²) >= 11 is 4.32. The summed E-state index contributed by atoms with van der Waals surface area (Å²) in [5.41, 5.74) is -0.406. The first-order chi connectivity index (χ1) is 20.5. The van der Waals surface area contributed by atoms with E-state index in [1.54, 1.807) is 60.6 Å². The Kier molecular flexibility index (Phi) is 13.1. The van der Waals surface area contributed by atoms with Gasteiger partial charge < -0.3 is 30.1 Å². The van der Waals surface area contributed by atoms with Crippen LogP contribution in [0.2, 0.25) is 0 Å². The van der Waals surface area contributed by atoms with Crippen molar-refractivity contribution in [3.8, 4) is 5.75 Å². The molecule has 10 nitrogen and oxygen atoms in total. The molecule has 3 amide bonds. The van der Waals surface area contributed by atoms with Crippen LogP contribution in [0.4, 0.5) is 4.79 Å². The fraction of sp³-hybridized carbons (Fsp3) is 0.515. The highest BCUT2D eigenvalue weighted by Crippen LogP contribution is 2.28. The van der Waals surface area contributed by atoms with Gasteiger partial charge in [-0.2, -0.15) is 12.6 Å². The molecule has 44 heavy (non-hydrogen) atoms. The second kappa shape index (κ2) is 15.8. The number of carbonyl (C=O) groups is 4. The van der Waals surface area contributed by atoms with Gasteiger partial charge in [0.05, 0.1) is 0 Å². The predicted molar refractivity (Wildman–Crippen MR) is 172 cm³/mol. The first kappa shape index (κ1) is 36.5. The lowest BCUT2D eigenvalue weighted by Crippen LogP contribution is -2.57. The zero-order chi connectivity index (χ0) is 33.2. The molecule has 0 fully saturated rings. The van der Waals surface area contributed by atoms with Gasteiger partial charge >= 0.3 is 12.1 Å². The van der Waals surface area contributed by atoms with Crippen LogP contribution in [0.1, 0.15) is 79.0 Å². The van der Waals surface area contributed by atoms with Gasteiger partial charge in [0.25, 0.3) is 0 Å². The summed E-state index contributed by atoms with van der Waals surface area (Å²) < 4.78 is 11.0. The number of nitrogens with zero attached hydrogens (tertiary/aromatic N) is 1. The highest BCUT2D eigenvalue weighted by Gasteiger charge is 2.40. The zero-order valence-electron chi connectivity index (χ0n) is 26.9. The summed E-state index contributed by atoms with van der Waals surface area (Å²) in [5, 5.41) is 15.4. The second-order valence-corrected chi connectivity index (χ2v) is 13.0. The average molecular weight is 630 g/mol. The van der Waals surface area contributed by atoms with Gasteiger partial charge in [-0.1, -0.05) is 49.4 Å². The van der Waals surface area contributed by atoms with Crippen molar-refractivity contribution in [2.24, 2.45) is 0 Å². The molecule has 0 bridgehead atoms. The molecule has 4 unspecified atom stereocenters. The van der Waals surface area contributed by atoms with Crippen molar-refractivity contribution in [3.63, 3.8) is 0 Å². The van der Waals surface area contributed by atoms with Gasteiger partial charge in [0, 0.05) is 18.2 Å². The summed E-state index contributed by atoms with van der Waals surface area (Å²) in [6.45, 7) is 14.0. The number of carbonyl (C=O) groups excluding carboxylic acids is 4. The maximum absolute atomic E-state index is 14.3. The average Bonchev–Trinajstić information content (AvgIpc) is 2.92. The first-order valence-electron chi connectivity index (χ1n) is 14.7. The van der Waals surface area contributed by atoms with E-state index in [1.807, 2.05) is 37.3 Å².